The number of nitrogens with two attached hydrogens (primary N) is 1. The summed E-state index contributed by atoms with van der Waals surface area (Å²) >= 11 is 0. The van der Waals surface area contributed by atoms with Crippen LogP contribution >= 0.6 is 0 Å². The maximum atomic E-state index is 6.14. The van der Waals surface area contributed by atoms with E-state index in [0.717, 1.165) is 44.7 Å². The van der Waals surface area contributed by atoms with Gasteiger partial charge in [-0.1, -0.05) is 78.9 Å². The molecule has 0 unspecified atom stereocenters. The van der Waals surface area contributed by atoms with Gasteiger partial charge >= 0.3 is 0 Å². The number of para-hydroxylation sites is 1. The molecule has 6 aromatic rings. The summed E-state index contributed by atoms with van der Waals surface area (Å²) in [6.07, 6.45) is 0. The van der Waals surface area contributed by atoms with Crippen molar-refractivity contribution in [2.24, 2.45) is 0 Å². The molecule has 0 atom stereocenters. The van der Waals surface area contributed by atoms with Crippen LogP contribution in [0.5, 0.6) is 0 Å². The summed E-state index contributed by atoms with van der Waals surface area (Å²) < 4.78 is 2.24. The van der Waals surface area contributed by atoms with Crippen molar-refractivity contribution >= 4 is 27.5 Å². The first-order chi connectivity index (χ1) is 15.8. The number of pyridine rings is 1. The van der Waals surface area contributed by atoms with E-state index in [1.54, 1.807) is 0 Å². The summed E-state index contributed by atoms with van der Waals surface area (Å²) in [5.41, 5.74) is 13.5. The Morgan fingerprint density at radius 2 is 1.19 bits per heavy atom. The number of hydrogen-bond acceptors (Lipinski definition) is 2. The van der Waals surface area contributed by atoms with Gasteiger partial charge < -0.3 is 5.73 Å². The van der Waals surface area contributed by atoms with Crippen LogP contribution in [-0.4, -0.2) is 9.55 Å². The van der Waals surface area contributed by atoms with E-state index in [4.69, 9.17) is 10.7 Å². The Morgan fingerprint density at radius 3 is 1.97 bits per heavy atom. The minimum absolute atomic E-state index is 0.761. The van der Waals surface area contributed by atoms with E-state index < -0.39 is 0 Å². The molecule has 4 aromatic carbocycles. The SMILES string of the molecule is Nc1ccc2c(c1)c1ccccc1n2-c1cc(-c2ccccc2)cc(-c2ccccc2)n1. The van der Waals surface area contributed by atoms with Gasteiger partial charge in [0.15, 0.2) is 0 Å². The highest BCUT2D eigenvalue weighted by Crippen LogP contribution is 2.35. The minimum atomic E-state index is 0.761. The summed E-state index contributed by atoms with van der Waals surface area (Å²) in [7, 11) is 0. The lowest BCUT2D eigenvalue weighted by atomic mass is 10.0. The fourth-order valence-electron chi connectivity index (χ4n) is 4.42. The van der Waals surface area contributed by atoms with Gasteiger partial charge in [-0.05, 0) is 47.5 Å². The van der Waals surface area contributed by atoms with Crippen molar-refractivity contribution < 1.29 is 0 Å². The summed E-state index contributed by atoms with van der Waals surface area (Å²) in [4.78, 5) is 5.13. The molecular formula is C29H21N3. The van der Waals surface area contributed by atoms with Crippen LogP contribution < -0.4 is 5.73 Å². The lowest BCUT2D eigenvalue weighted by Crippen LogP contribution is -2.00. The van der Waals surface area contributed by atoms with E-state index in [9.17, 15) is 0 Å². The van der Waals surface area contributed by atoms with Crippen LogP contribution in [0.25, 0.3) is 50.0 Å². The van der Waals surface area contributed by atoms with Crippen molar-refractivity contribution in [3.8, 4) is 28.2 Å². The molecule has 0 amide bonds. The van der Waals surface area contributed by atoms with E-state index in [1.165, 1.54) is 10.9 Å². The highest BCUT2D eigenvalue weighted by atomic mass is 15.1. The fourth-order valence-corrected chi connectivity index (χ4v) is 4.42. The third-order valence-corrected chi connectivity index (χ3v) is 5.91. The van der Waals surface area contributed by atoms with Crippen molar-refractivity contribution in [2.45, 2.75) is 0 Å². The van der Waals surface area contributed by atoms with E-state index in [-0.39, 0.29) is 0 Å². The number of anilines is 1. The van der Waals surface area contributed by atoms with Crippen LogP contribution in [0.4, 0.5) is 5.69 Å². The Balaban J connectivity index is 1.70. The van der Waals surface area contributed by atoms with Gasteiger partial charge in [-0.2, -0.15) is 0 Å². The molecule has 2 heterocycles. The third kappa shape index (κ3) is 3.03. The molecule has 2 aromatic heterocycles. The van der Waals surface area contributed by atoms with E-state index >= 15 is 0 Å². The van der Waals surface area contributed by atoms with E-state index in [2.05, 4.69) is 95.6 Å². The molecular weight excluding hydrogens is 390 g/mol. The highest BCUT2D eigenvalue weighted by Gasteiger charge is 2.15. The topological polar surface area (TPSA) is 43.8 Å². The zero-order chi connectivity index (χ0) is 21.5. The maximum Gasteiger partial charge on any atom is 0.138 e. The molecule has 3 nitrogen and oxygen atoms in total. The first-order valence-corrected chi connectivity index (χ1v) is 10.7. The van der Waals surface area contributed by atoms with Crippen LogP contribution in [0.1, 0.15) is 0 Å². The maximum absolute atomic E-state index is 6.14. The Morgan fingerprint density at radius 1 is 0.531 bits per heavy atom. The molecule has 0 saturated heterocycles. The molecule has 0 radical (unpaired) electrons. The van der Waals surface area contributed by atoms with Gasteiger partial charge in [0.05, 0.1) is 16.7 Å². The molecule has 2 N–H and O–H groups in total. The number of rotatable bonds is 3. The van der Waals surface area contributed by atoms with Crippen molar-refractivity contribution in [1.82, 2.24) is 9.55 Å². The quantitative estimate of drug-likeness (QED) is 0.316. The van der Waals surface area contributed by atoms with Gasteiger partial charge in [0.2, 0.25) is 0 Å². The average molecular weight is 412 g/mol. The third-order valence-electron chi connectivity index (χ3n) is 5.91. The van der Waals surface area contributed by atoms with Crippen LogP contribution in [-0.2, 0) is 0 Å². The molecule has 152 valence electrons. The standard InChI is InChI=1S/C29H21N3/c30-23-15-16-28-25(19-23)24-13-7-8-14-27(24)32(28)29-18-22(20-9-3-1-4-10-20)17-26(31-29)21-11-5-2-6-12-21/h1-19H,30H2. The fraction of sp³-hybridized carbons (Fsp3) is 0. The number of hydrogen-bond donors (Lipinski definition) is 1. The minimum Gasteiger partial charge on any atom is -0.399 e. The number of aromatic nitrogens is 2. The first kappa shape index (κ1) is 18.4. The number of fused-ring (bicyclic) bond motifs is 3. The van der Waals surface area contributed by atoms with E-state index in [0.29, 0.717) is 0 Å². The highest BCUT2D eigenvalue weighted by molar-refractivity contribution is 6.10. The van der Waals surface area contributed by atoms with Crippen molar-refractivity contribution in [3.05, 3.63) is 115 Å². The molecule has 6 rings (SSSR count). The monoisotopic (exact) mass is 411 g/mol. The lowest BCUT2D eigenvalue weighted by Gasteiger charge is -2.13. The smallest absolute Gasteiger partial charge is 0.138 e. The Labute approximate surface area is 186 Å². The second-order valence-electron chi connectivity index (χ2n) is 7.96. The number of benzene rings is 4. The molecule has 0 spiro atoms. The van der Waals surface area contributed by atoms with Crippen molar-refractivity contribution in [1.29, 1.82) is 0 Å². The van der Waals surface area contributed by atoms with Crippen LogP contribution in [0, 0.1) is 0 Å². The van der Waals surface area contributed by atoms with Crippen LogP contribution in [0.3, 0.4) is 0 Å². The second-order valence-corrected chi connectivity index (χ2v) is 7.96. The Bertz CT molecular complexity index is 1510. The lowest BCUT2D eigenvalue weighted by molar-refractivity contribution is 1.08. The summed E-state index contributed by atoms with van der Waals surface area (Å²) in [5, 5.41) is 2.30. The van der Waals surface area contributed by atoms with Gasteiger partial charge in [0.1, 0.15) is 5.82 Å². The zero-order valence-electron chi connectivity index (χ0n) is 17.4. The average Bonchev–Trinajstić information content (AvgIpc) is 3.18. The molecule has 3 heteroatoms. The van der Waals surface area contributed by atoms with Gasteiger partial charge in [0, 0.05) is 22.0 Å². The van der Waals surface area contributed by atoms with Crippen molar-refractivity contribution in [2.75, 3.05) is 5.73 Å². The molecule has 0 fully saturated rings. The predicted molar refractivity (Wildman–Crippen MR) is 134 cm³/mol. The summed E-state index contributed by atoms with van der Waals surface area (Å²) in [6, 6.07) is 39.7. The van der Waals surface area contributed by atoms with Gasteiger partial charge in [-0.3, -0.25) is 4.57 Å². The van der Waals surface area contributed by atoms with Crippen LogP contribution in [0.2, 0.25) is 0 Å². The number of nitrogen functional groups attached to an aromatic ring is 1. The number of nitrogens with zero attached hydrogens (tertiary/aromatic N) is 2. The first-order valence-electron chi connectivity index (χ1n) is 10.7. The van der Waals surface area contributed by atoms with Gasteiger partial charge in [0.25, 0.3) is 0 Å². The summed E-state index contributed by atoms with van der Waals surface area (Å²) in [6.45, 7) is 0. The van der Waals surface area contributed by atoms with Crippen LogP contribution in [0.15, 0.2) is 115 Å². The molecule has 0 aliphatic rings. The Hall–Kier alpha value is -4.37. The zero-order valence-corrected chi connectivity index (χ0v) is 17.4. The van der Waals surface area contributed by atoms with E-state index in [1.807, 2.05) is 24.3 Å². The summed E-state index contributed by atoms with van der Waals surface area (Å²) in [5.74, 6) is 0.890. The molecule has 0 aliphatic carbocycles. The molecule has 0 aliphatic heterocycles. The van der Waals surface area contributed by atoms with Gasteiger partial charge in [-0.15, -0.1) is 0 Å². The largest absolute Gasteiger partial charge is 0.399 e. The second kappa shape index (κ2) is 7.40. The molecule has 0 bridgehead atoms. The Kier molecular flexibility index (Phi) is 4.25. The predicted octanol–water partition coefficient (Wildman–Crippen LogP) is 7.09. The van der Waals surface area contributed by atoms with Gasteiger partial charge in [-0.25, -0.2) is 4.98 Å². The molecule has 0 saturated carbocycles. The normalized spacial score (nSPS) is 11.2. The van der Waals surface area contributed by atoms with Crippen molar-refractivity contribution in [3.63, 3.8) is 0 Å². The molecule has 32 heavy (non-hydrogen) atoms.